The highest BCUT2D eigenvalue weighted by Gasteiger charge is 2.31. The number of ether oxygens (including phenoxy) is 1. The third-order valence-electron chi connectivity index (χ3n) is 2.74. The first-order valence-electron chi connectivity index (χ1n) is 6.38. The van der Waals surface area contributed by atoms with Gasteiger partial charge in [0, 0.05) is 24.5 Å². The van der Waals surface area contributed by atoms with E-state index in [0.29, 0.717) is 16.7 Å². The van der Waals surface area contributed by atoms with Gasteiger partial charge in [0.05, 0.1) is 0 Å². The van der Waals surface area contributed by atoms with Gasteiger partial charge < -0.3 is 10.1 Å². The van der Waals surface area contributed by atoms with E-state index in [1.54, 1.807) is 25.1 Å². The molecule has 0 aliphatic heterocycles. The lowest BCUT2D eigenvalue weighted by atomic mass is 10.1. The highest BCUT2D eigenvalue weighted by Crippen LogP contribution is 2.24. The number of amides is 1. The van der Waals surface area contributed by atoms with Crippen LogP contribution in [0.1, 0.15) is 21.5 Å². The average Bonchev–Trinajstić information content (AvgIpc) is 2.43. The lowest BCUT2D eigenvalue weighted by molar-refractivity contribution is -0.274. The number of aromatic nitrogens is 1. The highest BCUT2D eigenvalue weighted by molar-refractivity contribution is 5.93. The lowest BCUT2D eigenvalue weighted by Gasteiger charge is -2.12. The molecule has 7 heteroatoms. The predicted molar refractivity (Wildman–Crippen MR) is 73.3 cm³/mol. The molecule has 1 heterocycles. The maximum atomic E-state index is 12.2. The molecule has 0 radical (unpaired) electrons. The molecule has 0 unspecified atom stereocenters. The summed E-state index contributed by atoms with van der Waals surface area (Å²) in [6.07, 6.45) is -1.78. The maximum Gasteiger partial charge on any atom is 0.573 e. The molecule has 0 saturated heterocycles. The molecule has 0 aliphatic rings. The second-order valence-corrected chi connectivity index (χ2v) is 4.62. The van der Waals surface area contributed by atoms with Gasteiger partial charge in [-0.05, 0) is 42.3 Å². The fraction of sp³-hybridized carbons (Fsp3) is 0.200. The quantitative estimate of drug-likeness (QED) is 0.943. The van der Waals surface area contributed by atoms with Gasteiger partial charge in [0.2, 0.25) is 0 Å². The Bertz CT molecular complexity index is 658. The van der Waals surface area contributed by atoms with Gasteiger partial charge in [0.15, 0.2) is 0 Å². The van der Waals surface area contributed by atoms with Crippen molar-refractivity contribution in [2.75, 3.05) is 0 Å². The van der Waals surface area contributed by atoms with Crippen molar-refractivity contribution >= 4 is 5.91 Å². The van der Waals surface area contributed by atoms with E-state index in [2.05, 4.69) is 15.0 Å². The molecular weight excluding hydrogens is 297 g/mol. The summed E-state index contributed by atoms with van der Waals surface area (Å²) in [7, 11) is 0. The van der Waals surface area contributed by atoms with Gasteiger partial charge in [0.25, 0.3) is 5.91 Å². The van der Waals surface area contributed by atoms with Crippen LogP contribution in [0.5, 0.6) is 5.75 Å². The minimum atomic E-state index is -4.74. The molecule has 0 spiro atoms. The van der Waals surface area contributed by atoms with Crippen LogP contribution >= 0.6 is 0 Å². The molecule has 0 aliphatic carbocycles. The van der Waals surface area contributed by atoms with Crippen LogP contribution in [0.4, 0.5) is 13.2 Å². The number of carbonyl (C=O) groups excluding carboxylic acids is 1. The number of benzene rings is 1. The summed E-state index contributed by atoms with van der Waals surface area (Å²) < 4.78 is 40.6. The number of aryl methyl sites for hydroxylation is 1. The number of hydrogen-bond acceptors (Lipinski definition) is 3. The highest BCUT2D eigenvalue weighted by atomic mass is 19.4. The number of pyridine rings is 1. The maximum absolute atomic E-state index is 12.2. The lowest BCUT2D eigenvalue weighted by Crippen LogP contribution is -2.23. The molecule has 2 aromatic rings. The number of alkyl halides is 3. The van der Waals surface area contributed by atoms with Crippen molar-refractivity contribution in [1.82, 2.24) is 10.3 Å². The van der Waals surface area contributed by atoms with E-state index in [0.717, 1.165) is 0 Å². The van der Waals surface area contributed by atoms with Crippen LogP contribution in [0.25, 0.3) is 0 Å². The van der Waals surface area contributed by atoms with Crippen LogP contribution in [-0.4, -0.2) is 17.3 Å². The van der Waals surface area contributed by atoms with E-state index < -0.39 is 6.36 Å². The van der Waals surface area contributed by atoms with Gasteiger partial charge in [-0.15, -0.1) is 13.2 Å². The van der Waals surface area contributed by atoms with Crippen molar-refractivity contribution in [3.05, 3.63) is 59.4 Å². The summed E-state index contributed by atoms with van der Waals surface area (Å²) in [4.78, 5) is 15.7. The number of halogens is 3. The summed E-state index contributed by atoms with van der Waals surface area (Å²) >= 11 is 0. The fourth-order valence-corrected chi connectivity index (χ4v) is 1.91. The molecule has 0 fully saturated rings. The van der Waals surface area contributed by atoms with Crippen molar-refractivity contribution in [3.63, 3.8) is 0 Å². The Hall–Kier alpha value is -2.57. The summed E-state index contributed by atoms with van der Waals surface area (Å²) in [5.74, 6) is -0.636. The van der Waals surface area contributed by atoms with E-state index in [-0.39, 0.29) is 18.2 Å². The molecule has 0 saturated carbocycles. The normalized spacial score (nSPS) is 11.1. The van der Waals surface area contributed by atoms with Crippen molar-refractivity contribution in [3.8, 4) is 5.75 Å². The second-order valence-electron chi connectivity index (χ2n) is 4.62. The molecule has 1 aromatic carbocycles. The smallest absolute Gasteiger partial charge is 0.406 e. The molecule has 22 heavy (non-hydrogen) atoms. The summed E-state index contributed by atoms with van der Waals surface area (Å²) in [6.45, 7) is 1.74. The molecule has 0 bridgehead atoms. The van der Waals surface area contributed by atoms with Crippen molar-refractivity contribution < 1.29 is 22.7 Å². The van der Waals surface area contributed by atoms with Crippen LogP contribution in [0.15, 0.2) is 42.7 Å². The summed E-state index contributed by atoms with van der Waals surface area (Å²) in [5, 5.41) is 2.63. The van der Waals surface area contributed by atoms with Crippen LogP contribution < -0.4 is 10.1 Å². The second kappa shape index (κ2) is 6.46. The Balaban J connectivity index is 2.05. The Morgan fingerprint density at radius 3 is 2.55 bits per heavy atom. The Kier molecular flexibility index (Phi) is 4.65. The van der Waals surface area contributed by atoms with E-state index in [9.17, 15) is 18.0 Å². The van der Waals surface area contributed by atoms with Gasteiger partial charge in [-0.25, -0.2) is 0 Å². The molecule has 116 valence electrons. The summed E-state index contributed by atoms with van der Waals surface area (Å²) in [6, 6.07) is 7.29. The minimum Gasteiger partial charge on any atom is -0.406 e. The molecule has 2 rings (SSSR count). The fourth-order valence-electron chi connectivity index (χ4n) is 1.91. The molecule has 4 nitrogen and oxygen atoms in total. The monoisotopic (exact) mass is 310 g/mol. The minimum absolute atomic E-state index is 0.0943. The molecule has 1 aromatic heterocycles. The zero-order valence-electron chi connectivity index (χ0n) is 11.6. The largest absolute Gasteiger partial charge is 0.573 e. The van der Waals surface area contributed by atoms with Gasteiger partial charge in [-0.3, -0.25) is 9.78 Å². The van der Waals surface area contributed by atoms with Crippen molar-refractivity contribution in [2.24, 2.45) is 0 Å². The number of nitrogens with zero attached hydrogens (tertiary/aromatic N) is 1. The number of rotatable bonds is 4. The molecule has 1 N–H and O–H groups in total. The Labute approximate surface area is 124 Å². The number of hydrogen-bond donors (Lipinski definition) is 1. The first kappa shape index (κ1) is 15.8. The first-order chi connectivity index (χ1) is 10.3. The van der Waals surface area contributed by atoms with E-state index in [4.69, 9.17) is 0 Å². The molecule has 0 atom stereocenters. The van der Waals surface area contributed by atoms with E-state index in [1.807, 2.05) is 0 Å². The average molecular weight is 310 g/mol. The van der Waals surface area contributed by atoms with Gasteiger partial charge in [-0.1, -0.05) is 6.07 Å². The van der Waals surface area contributed by atoms with Gasteiger partial charge in [-0.2, -0.15) is 0 Å². The number of nitrogens with one attached hydrogen (secondary N) is 1. The predicted octanol–water partition coefficient (Wildman–Crippen LogP) is 3.22. The van der Waals surface area contributed by atoms with Crippen LogP contribution in [0.2, 0.25) is 0 Å². The Morgan fingerprint density at radius 1 is 1.23 bits per heavy atom. The van der Waals surface area contributed by atoms with Crippen LogP contribution in [0.3, 0.4) is 0 Å². The van der Waals surface area contributed by atoms with Crippen molar-refractivity contribution in [2.45, 2.75) is 19.8 Å². The summed E-state index contributed by atoms with van der Waals surface area (Å²) in [5.41, 5.74) is 1.55. The van der Waals surface area contributed by atoms with Gasteiger partial charge in [0.1, 0.15) is 5.75 Å². The van der Waals surface area contributed by atoms with E-state index >= 15 is 0 Å². The topological polar surface area (TPSA) is 51.2 Å². The number of carbonyl (C=O) groups is 1. The first-order valence-corrected chi connectivity index (χ1v) is 6.38. The zero-order valence-corrected chi connectivity index (χ0v) is 11.6. The zero-order chi connectivity index (χ0) is 16.2. The molecule has 1 amide bonds. The van der Waals surface area contributed by atoms with Gasteiger partial charge >= 0.3 is 6.36 Å². The van der Waals surface area contributed by atoms with E-state index in [1.165, 1.54) is 24.5 Å². The van der Waals surface area contributed by atoms with Crippen LogP contribution in [-0.2, 0) is 6.54 Å². The third kappa shape index (κ3) is 4.76. The standard InChI is InChI=1S/C15H13F3N2O2/c1-10-6-11(8-13(7-10)22-15(16,17)18)9-20-14(21)12-2-4-19-5-3-12/h2-8H,9H2,1H3,(H,20,21). The molecular formula is C15H13F3N2O2. The third-order valence-corrected chi connectivity index (χ3v) is 2.74. The van der Waals surface area contributed by atoms with Crippen LogP contribution in [0, 0.1) is 6.92 Å². The van der Waals surface area contributed by atoms with Crippen molar-refractivity contribution in [1.29, 1.82) is 0 Å². The Morgan fingerprint density at radius 2 is 1.91 bits per heavy atom. The SMILES string of the molecule is Cc1cc(CNC(=O)c2ccncc2)cc(OC(F)(F)F)c1.